The standard InChI is InChI=1S/C7H5NO6/c8-1-7(6(13)14)2(4(9)10)3(7)5(11)12/h2-3H,(H,9,10)(H,11,12)(H,13,14). The first-order chi connectivity index (χ1) is 6.39. The lowest BCUT2D eigenvalue weighted by Gasteiger charge is -1.97. The van der Waals surface area contributed by atoms with Crippen LogP contribution in [0.1, 0.15) is 0 Å². The molecule has 0 spiro atoms. The van der Waals surface area contributed by atoms with Gasteiger partial charge < -0.3 is 15.3 Å². The molecule has 0 bridgehead atoms. The molecule has 0 amide bonds. The lowest BCUT2D eigenvalue weighted by Crippen LogP contribution is -2.20. The van der Waals surface area contributed by atoms with Crippen molar-refractivity contribution < 1.29 is 29.7 Å². The van der Waals surface area contributed by atoms with Crippen molar-refractivity contribution in [2.75, 3.05) is 0 Å². The Morgan fingerprint density at radius 2 is 1.43 bits per heavy atom. The van der Waals surface area contributed by atoms with Crippen molar-refractivity contribution in [1.29, 1.82) is 5.26 Å². The van der Waals surface area contributed by atoms with Crippen molar-refractivity contribution in [3.63, 3.8) is 0 Å². The minimum Gasteiger partial charge on any atom is -0.481 e. The van der Waals surface area contributed by atoms with E-state index in [0.717, 1.165) is 0 Å². The fraction of sp³-hybridized carbons (Fsp3) is 0.429. The van der Waals surface area contributed by atoms with Crippen molar-refractivity contribution >= 4 is 17.9 Å². The van der Waals surface area contributed by atoms with Gasteiger partial charge in [-0.2, -0.15) is 5.26 Å². The molecule has 0 saturated heterocycles. The van der Waals surface area contributed by atoms with E-state index in [1.807, 2.05) is 0 Å². The third-order valence-electron chi connectivity index (χ3n) is 2.28. The van der Waals surface area contributed by atoms with Crippen LogP contribution in [0.25, 0.3) is 0 Å². The summed E-state index contributed by atoms with van der Waals surface area (Å²) in [6.45, 7) is 0. The van der Waals surface area contributed by atoms with Gasteiger partial charge in [-0.25, -0.2) is 0 Å². The molecule has 7 heteroatoms. The molecule has 1 fully saturated rings. The molecule has 0 heterocycles. The number of hydrogen-bond donors (Lipinski definition) is 3. The van der Waals surface area contributed by atoms with Crippen LogP contribution in [0.5, 0.6) is 0 Å². The van der Waals surface area contributed by atoms with Crippen molar-refractivity contribution in [3.8, 4) is 6.07 Å². The van der Waals surface area contributed by atoms with Crippen LogP contribution in [0.2, 0.25) is 0 Å². The first-order valence-electron chi connectivity index (χ1n) is 3.49. The number of carboxylic acids is 3. The minimum atomic E-state index is -2.31. The maximum Gasteiger partial charge on any atom is 0.325 e. The Balaban J connectivity index is 3.13. The van der Waals surface area contributed by atoms with E-state index in [0.29, 0.717) is 0 Å². The number of carbonyl (C=O) groups is 3. The van der Waals surface area contributed by atoms with Crippen molar-refractivity contribution in [2.45, 2.75) is 0 Å². The molecule has 1 aliphatic carbocycles. The van der Waals surface area contributed by atoms with Gasteiger partial charge in [0, 0.05) is 0 Å². The van der Waals surface area contributed by atoms with Gasteiger partial charge in [-0.05, 0) is 0 Å². The van der Waals surface area contributed by atoms with E-state index in [1.165, 1.54) is 6.07 Å². The van der Waals surface area contributed by atoms with Crippen LogP contribution < -0.4 is 0 Å². The highest BCUT2D eigenvalue weighted by Crippen LogP contribution is 2.58. The molecule has 1 aliphatic rings. The molecule has 74 valence electrons. The van der Waals surface area contributed by atoms with E-state index in [-0.39, 0.29) is 0 Å². The Bertz CT molecular complexity index is 347. The molecular formula is C7H5NO6. The molecule has 14 heavy (non-hydrogen) atoms. The highest BCUT2D eigenvalue weighted by Gasteiger charge is 2.78. The van der Waals surface area contributed by atoms with E-state index >= 15 is 0 Å². The summed E-state index contributed by atoms with van der Waals surface area (Å²) in [6.07, 6.45) is 0. The maximum atomic E-state index is 10.6. The molecule has 1 rings (SSSR count). The van der Waals surface area contributed by atoms with E-state index in [1.54, 1.807) is 0 Å². The second-order valence-corrected chi connectivity index (χ2v) is 2.92. The molecule has 7 nitrogen and oxygen atoms in total. The van der Waals surface area contributed by atoms with Crippen LogP contribution in [0.4, 0.5) is 0 Å². The van der Waals surface area contributed by atoms with Gasteiger partial charge in [-0.1, -0.05) is 0 Å². The molecule has 0 aromatic rings. The lowest BCUT2D eigenvalue weighted by molar-refractivity contribution is -0.147. The molecule has 2 atom stereocenters. The van der Waals surface area contributed by atoms with Crippen molar-refractivity contribution in [3.05, 3.63) is 0 Å². The zero-order chi connectivity index (χ0) is 11.1. The summed E-state index contributed by atoms with van der Waals surface area (Å²) in [5.74, 6) is -8.20. The summed E-state index contributed by atoms with van der Waals surface area (Å²) < 4.78 is 0. The van der Waals surface area contributed by atoms with E-state index in [9.17, 15) is 14.4 Å². The number of hydrogen-bond acceptors (Lipinski definition) is 4. The molecule has 0 aliphatic heterocycles. The van der Waals surface area contributed by atoms with Gasteiger partial charge in [0.15, 0.2) is 5.41 Å². The molecular weight excluding hydrogens is 194 g/mol. The fourth-order valence-corrected chi connectivity index (χ4v) is 1.52. The lowest BCUT2D eigenvalue weighted by atomic mass is 10.1. The minimum absolute atomic E-state index is 1.25. The molecule has 3 N–H and O–H groups in total. The largest absolute Gasteiger partial charge is 0.481 e. The van der Waals surface area contributed by atoms with Gasteiger partial charge in [-0.15, -0.1) is 0 Å². The summed E-state index contributed by atoms with van der Waals surface area (Å²) in [5.41, 5.74) is -2.31. The molecule has 1 saturated carbocycles. The van der Waals surface area contributed by atoms with Gasteiger partial charge in [0.05, 0.1) is 6.07 Å². The summed E-state index contributed by atoms with van der Waals surface area (Å²) in [7, 11) is 0. The normalized spacial score (nSPS) is 34.2. The Hall–Kier alpha value is -2.10. The Morgan fingerprint density at radius 3 is 1.50 bits per heavy atom. The topological polar surface area (TPSA) is 136 Å². The summed E-state index contributed by atoms with van der Waals surface area (Å²) in [4.78, 5) is 31.6. The quantitative estimate of drug-likeness (QED) is 0.530. The summed E-state index contributed by atoms with van der Waals surface area (Å²) in [6, 6.07) is 1.25. The van der Waals surface area contributed by atoms with Gasteiger partial charge in [-0.3, -0.25) is 14.4 Å². The molecule has 0 radical (unpaired) electrons. The predicted molar refractivity (Wildman–Crippen MR) is 37.9 cm³/mol. The van der Waals surface area contributed by atoms with Crippen LogP contribution in [0, 0.1) is 28.6 Å². The number of nitriles is 1. The number of nitrogens with zero attached hydrogens (tertiary/aromatic N) is 1. The zero-order valence-corrected chi connectivity index (χ0v) is 6.67. The number of aliphatic carboxylic acids is 3. The van der Waals surface area contributed by atoms with Gasteiger partial charge >= 0.3 is 17.9 Å². The van der Waals surface area contributed by atoms with E-state index < -0.39 is 35.2 Å². The second-order valence-electron chi connectivity index (χ2n) is 2.92. The maximum absolute atomic E-state index is 10.6. The number of rotatable bonds is 3. The first kappa shape index (κ1) is 9.98. The SMILES string of the molecule is N#CC1(C(=O)O)C(C(=O)O)C1C(=O)O. The smallest absolute Gasteiger partial charge is 0.325 e. The van der Waals surface area contributed by atoms with E-state index in [4.69, 9.17) is 20.6 Å². The second kappa shape index (κ2) is 2.70. The van der Waals surface area contributed by atoms with Crippen molar-refractivity contribution in [1.82, 2.24) is 0 Å². The average molecular weight is 199 g/mol. The Kier molecular flexibility index (Phi) is 1.92. The highest BCUT2D eigenvalue weighted by atomic mass is 16.4. The Labute approximate surface area is 77.2 Å². The zero-order valence-electron chi connectivity index (χ0n) is 6.67. The third kappa shape index (κ3) is 0.939. The van der Waals surface area contributed by atoms with Crippen LogP contribution in [0.15, 0.2) is 0 Å². The van der Waals surface area contributed by atoms with Gasteiger partial charge in [0.1, 0.15) is 11.8 Å². The third-order valence-corrected chi connectivity index (χ3v) is 2.28. The van der Waals surface area contributed by atoms with Crippen LogP contribution in [-0.2, 0) is 14.4 Å². The van der Waals surface area contributed by atoms with Crippen LogP contribution >= 0.6 is 0 Å². The first-order valence-corrected chi connectivity index (χ1v) is 3.49. The summed E-state index contributed by atoms with van der Waals surface area (Å²) >= 11 is 0. The molecule has 0 aromatic heterocycles. The number of carboxylic acid groups (broad SMARTS) is 3. The van der Waals surface area contributed by atoms with Crippen molar-refractivity contribution in [2.24, 2.45) is 17.3 Å². The fourth-order valence-electron chi connectivity index (χ4n) is 1.52. The monoisotopic (exact) mass is 199 g/mol. The van der Waals surface area contributed by atoms with Gasteiger partial charge in [0.25, 0.3) is 0 Å². The molecule has 2 unspecified atom stereocenters. The van der Waals surface area contributed by atoms with Crippen LogP contribution in [0.3, 0.4) is 0 Å². The summed E-state index contributed by atoms with van der Waals surface area (Å²) in [5, 5.41) is 34.1. The van der Waals surface area contributed by atoms with E-state index in [2.05, 4.69) is 0 Å². The Morgan fingerprint density at radius 1 is 1.07 bits per heavy atom. The highest BCUT2D eigenvalue weighted by molar-refractivity contribution is 6.01. The van der Waals surface area contributed by atoms with Gasteiger partial charge in [0.2, 0.25) is 0 Å². The van der Waals surface area contributed by atoms with Crippen LogP contribution in [-0.4, -0.2) is 33.2 Å². The predicted octanol–water partition coefficient (Wildman–Crippen LogP) is -1.00. The molecule has 0 aromatic carbocycles. The average Bonchev–Trinajstić information content (AvgIpc) is 2.73.